The van der Waals surface area contributed by atoms with Gasteiger partial charge in [-0.05, 0) is 62.6 Å². The lowest BCUT2D eigenvalue weighted by Gasteiger charge is -2.27. The number of nitrogens with zero attached hydrogens (tertiary/aromatic N) is 4. The number of hydrogen-bond donors (Lipinski definition) is 1. The molecular formula is C25H31N5OS. The fourth-order valence-corrected chi connectivity index (χ4v) is 5.02. The molecule has 0 saturated heterocycles. The van der Waals surface area contributed by atoms with E-state index >= 15 is 0 Å². The quantitative estimate of drug-likeness (QED) is 0.566. The van der Waals surface area contributed by atoms with E-state index < -0.39 is 0 Å². The van der Waals surface area contributed by atoms with E-state index in [0.717, 1.165) is 28.4 Å². The van der Waals surface area contributed by atoms with Gasteiger partial charge in [-0.2, -0.15) is 0 Å². The lowest BCUT2D eigenvalue weighted by molar-refractivity contribution is -0.114. The SMILES string of the molecule is CSc1cc(C(C)C)ccc1-n1c(C)c(C)c2c(N3CC=C(C(N)=O)CC3)nc(C)nc21. The van der Waals surface area contributed by atoms with Crippen molar-refractivity contribution in [1.29, 1.82) is 0 Å². The first-order valence-electron chi connectivity index (χ1n) is 11.0. The van der Waals surface area contributed by atoms with Crippen molar-refractivity contribution in [1.82, 2.24) is 14.5 Å². The van der Waals surface area contributed by atoms with Crippen molar-refractivity contribution in [3.8, 4) is 5.69 Å². The lowest BCUT2D eigenvalue weighted by Crippen LogP contribution is -2.32. The van der Waals surface area contributed by atoms with Gasteiger partial charge < -0.3 is 10.6 Å². The molecule has 0 unspecified atom stereocenters. The zero-order valence-electron chi connectivity index (χ0n) is 19.7. The van der Waals surface area contributed by atoms with Crippen LogP contribution in [-0.4, -0.2) is 39.8 Å². The van der Waals surface area contributed by atoms with Crippen LogP contribution in [0, 0.1) is 20.8 Å². The normalized spacial score (nSPS) is 14.3. The van der Waals surface area contributed by atoms with Gasteiger partial charge in [0, 0.05) is 29.3 Å². The third kappa shape index (κ3) is 3.79. The first-order valence-corrected chi connectivity index (χ1v) is 12.2. The van der Waals surface area contributed by atoms with Gasteiger partial charge in [0.2, 0.25) is 5.91 Å². The van der Waals surface area contributed by atoms with Gasteiger partial charge >= 0.3 is 0 Å². The number of rotatable bonds is 5. The Hall–Kier alpha value is -2.80. The minimum Gasteiger partial charge on any atom is -0.366 e. The van der Waals surface area contributed by atoms with Gasteiger partial charge in [0.05, 0.1) is 11.1 Å². The maximum atomic E-state index is 11.6. The smallest absolute Gasteiger partial charge is 0.244 e. The van der Waals surface area contributed by atoms with Crippen molar-refractivity contribution in [2.24, 2.45) is 5.73 Å². The summed E-state index contributed by atoms with van der Waals surface area (Å²) in [6.45, 7) is 12.0. The molecule has 1 amide bonds. The maximum absolute atomic E-state index is 11.6. The van der Waals surface area contributed by atoms with Crippen LogP contribution < -0.4 is 10.6 Å². The van der Waals surface area contributed by atoms with E-state index in [-0.39, 0.29) is 5.91 Å². The molecule has 1 aliphatic rings. The van der Waals surface area contributed by atoms with E-state index in [0.29, 0.717) is 31.0 Å². The van der Waals surface area contributed by atoms with Crippen LogP contribution >= 0.6 is 11.8 Å². The largest absolute Gasteiger partial charge is 0.366 e. The highest BCUT2D eigenvalue weighted by atomic mass is 32.2. The predicted octanol–water partition coefficient (Wildman–Crippen LogP) is 4.81. The van der Waals surface area contributed by atoms with E-state index in [2.05, 4.69) is 61.6 Å². The average molecular weight is 450 g/mol. The highest BCUT2D eigenvalue weighted by molar-refractivity contribution is 7.98. The molecule has 0 spiro atoms. The first-order chi connectivity index (χ1) is 15.2. The first kappa shape index (κ1) is 22.4. The average Bonchev–Trinajstić information content (AvgIpc) is 3.02. The number of aryl methyl sites for hydroxylation is 2. The number of amides is 1. The molecule has 1 aliphatic heterocycles. The number of benzene rings is 1. The zero-order chi connectivity index (χ0) is 23.2. The van der Waals surface area contributed by atoms with Crippen molar-refractivity contribution in [2.75, 3.05) is 24.2 Å². The Balaban J connectivity index is 1.91. The number of aromatic nitrogens is 3. The molecule has 0 aliphatic carbocycles. The van der Waals surface area contributed by atoms with Gasteiger partial charge in [-0.1, -0.05) is 26.0 Å². The molecule has 3 aromatic rings. The Bertz CT molecular complexity index is 1240. The van der Waals surface area contributed by atoms with Crippen LogP contribution in [0.4, 0.5) is 5.82 Å². The van der Waals surface area contributed by atoms with Crippen LogP contribution in [0.15, 0.2) is 34.7 Å². The Labute approximate surface area is 193 Å². The van der Waals surface area contributed by atoms with Gasteiger partial charge in [0.15, 0.2) is 5.65 Å². The van der Waals surface area contributed by atoms with Crippen LogP contribution in [0.25, 0.3) is 16.7 Å². The van der Waals surface area contributed by atoms with Crippen molar-refractivity contribution in [3.05, 3.63) is 52.5 Å². The van der Waals surface area contributed by atoms with E-state index in [9.17, 15) is 4.79 Å². The molecule has 2 aromatic heterocycles. The molecule has 0 bridgehead atoms. The Morgan fingerprint density at radius 2 is 1.94 bits per heavy atom. The molecule has 0 radical (unpaired) electrons. The number of thioether (sulfide) groups is 1. The molecule has 1 aromatic carbocycles. The third-order valence-corrected chi connectivity index (χ3v) is 7.15. The van der Waals surface area contributed by atoms with Crippen LogP contribution in [0.2, 0.25) is 0 Å². The number of nitrogens with two attached hydrogens (primary N) is 1. The second kappa shape index (κ2) is 8.62. The summed E-state index contributed by atoms with van der Waals surface area (Å²) in [5.41, 5.74) is 11.9. The fourth-order valence-electron chi connectivity index (χ4n) is 4.39. The van der Waals surface area contributed by atoms with Gasteiger partial charge in [0.1, 0.15) is 11.6 Å². The van der Waals surface area contributed by atoms with E-state index in [1.54, 1.807) is 11.8 Å². The standard InChI is InChI=1S/C25H31N5OS/c1-14(2)19-7-8-20(21(13-19)32-6)30-16(4)15(3)22-24(27-17(5)28-25(22)30)29-11-9-18(10-12-29)23(26)31/h7-9,13-14H,10-12H2,1-6H3,(H2,26,31). The molecule has 3 heterocycles. The van der Waals surface area contributed by atoms with Gasteiger partial charge in [-0.15, -0.1) is 11.8 Å². The number of anilines is 1. The summed E-state index contributed by atoms with van der Waals surface area (Å²) in [6, 6.07) is 6.73. The van der Waals surface area contributed by atoms with Crippen LogP contribution in [0.1, 0.15) is 48.8 Å². The summed E-state index contributed by atoms with van der Waals surface area (Å²) in [4.78, 5) is 24.7. The molecular weight excluding hydrogens is 418 g/mol. The minimum absolute atomic E-state index is 0.332. The third-order valence-electron chi connectivity index (χ3n) is 6.38. The van der Waals surface area contributed by atoms with Gasteiger partial charge in [0.25, 0.3) is 0 Å². The summed E-state index contributed by atoms with van der Waals surface area (Å²) >= 11 is 1.76. The second-order valence-electron chi connectivity index (χ2n) is 8.71. The molecule has 6 nitrogen and oxygen atoms in total. The predicted molar refractivity (Wildman–Crippen MR) is 133 cm³/mol. The Morgan fingerprint density at radius 3 is 2.53 bits per heavy atom. The number of carbonyl (C=O) groups excluding carboxylic acids is 1. The highest BCUT2D eigenvalue weighted by Crippen LogP contribution is 2.37. The van der Waals surface area contributed by atoms with Crippen LogP contribution in [-0.2, 0) is 4.79 Å². The molecule has 7 heteroatoms. The molecule has 0 fully saturated rings. The summed E-state index contributed by atoms with van der Waals surface area (Å²) in [5.74, 6) is 1.81. The number of hydrogen-bond acceptors (Lipinski definition) is 5. The summed E-state index contributed by atoms with van der Waals surface area (Å²) in [5, 5.41) is 1.07. The van der Waals surface area contributed by atoms with Crippen molar-refractivity contribution in [3.63, 3.8) is 0 Å². The van der Waals surface area contributed by atoms with Gasteiger partial charge in [-0.3, -0.25) is 9.36 Å². The summed E-state index contributed by atoms with van der Waals surface area (Å²) in [6.07, 6.45) is 4.68. The summed E-state index contributed by atoms with van der Waals surface area (Å²) < 4.78 is 2.27. The minimum atomic E-state index is -0.332. The molecule has 2 N–H and O–H groups in total. The number of primary amides is 1. The maximum Gasteiger partial charge on any atom is 0.244 e. The molecule has 0 atom stereocenters. The van der Waals surface area contributed by atoms with E-state index in [4.69, 9.17) is 15.7 Å². The summed E-state index contributed by atoms with van der Waals surface area (Å²) in [7, 11) is 0. The topological polar surface area (TPSA) is 77.0 Å². The zero-order valence-corrected chi connectivity index (χ0v) is 20.5. The Morgan fingerprint density at radius 1 is 1.19 bits per heavy atom. The van der Waals surface area contributed by atoms with E-state index in [1.165, 1.54) is 21.7 Å². The molecule has 4 rings (SSSR count). The van der Waals surface area contributed by atoms with Gasteiger partial charge in [-0.25, -0.2) is 9.97 Å². The molecule has 168 valence electrons. The monoisotopic (exact) mass is 449 g/mol. The van der Waals surface area contributed by atoms with Crippen molar-refractivity contribution in [2.45, 2.75) is 51.9 Å². The van der Waals surface area contributed by atoms with Crippen molar-refractivity contribution >= 4 is 34.5 Å². The van der Waals surface area contributed by atoms with E-state index in [1.807, 2.05) is 13.0 Å². The number of carbonyl (C=O) groups is 1. The lowest BCUT2D eigenvalue weighted by atomic mass is 10.0. The highest BCUT2D eigenvalue weighted by Gasteiger charge is 2.25. The molecule has 32 heavy (non-hydrogen) atoms. The fraction of sp³-hybridized carbons (Fsp3) is 0.400. The van der Waals surface area contributed by atoms with Crippen LogP contribution in [0.5, 0.6) is 0 Å². The second-order valence-corrected chi connectivity index (χ2v) is 9.56. The number of fused-ring (bicyclic) bond motifs is 1. The van der Waals surface area contributed by atoms with Crippen LogP contribution in [0.3, 0.4) is 0 Å². The molecule has 0 saturated carbocycles. The Kier molecular flexibility index (Phi) is 6.03. The van der Waals surface area contributed by atoms with Crippen molar-refractivity contribution < 1.29 is 4.79 Å².